The summed E-state index contributed by atoms with van der Waals surface area (Å²) < 4.78 is 11.0. The molecule has 1 aromatic carbocycles. The molecule has 0 aliphatic heterocycles. The molecular weight excluding hydrogens is 214 g/mol. The molecule has 0 spiro atoms. The molecule has 0 aromatic heterocycles. The van der Waals surface area contributed by atoms with Gasteiger partial charge in [-0.1, -0.05) is 18.6 Å². The third-order valence-corrected chi connectivity index (χ3v) is 3.53. The van der Waals surface area contributed by atoms with E-state index in [2.05, 4.69) is 0 Å². The van der Waals surface area contributed by atoms with Crippen LogP contribution in [0.4, 0.5) is 0 Å². The molecule has 0 saturated heterocycles. The predicted octanol–water partition coefficient (Wildman–Crippen LogP) is 2.59. The van der Waals surface area contributed by atoms with Gasteiger partial charge in [0.2, 0.25) is 0 Å². The topological polar surface area (TPSA) is 44.5 Å². The minimum absolute atomic E-state index is 0.372. The van der Waals surface area contributed by atoms with E-state index in [0.717, 1.165) is 24.5 Å². The fourth-order valence-corrected chi connectivity index (χ4v) is 2.48. The number of benzene rings is 1. The number of ether oxygens (including phenoxy) is 2. The Hall–Kier alpha value is -1.22. The number of hydrogen-bond donors (Lipinski definition) is 1. The summed E-state index contributed by atoms with van der Waals surface area (Å²) in [6.45, 7) is 0.721. The first-order valence-electron chi connectivity index (χ1n) is 6.32. The van der Waals surface area contributed by atoms with Crippen LogP contribution in [0.1, 0.15) is 25.7 Å². The zero-order valence-corrected chi connectivity index (χ0v) is 10.4. The van der Waals surface area contributed by atoms with Crippen molar-refractivity contribution < 1.29 is 9.47 Å². The van der Waals surface area contributed by atoms with Crippen LogP contribution in [0.3, 0.4) is 0 Å². The van der Waals surface area contributed by atoms with E-state index >= 15 is 0 Å². The lowest BCUT2D eigenvalue weighted by atomic mass is 10.0. The molecule has 3 nitrogen and oxygen atoms in total. The molecule has 1 aromatic rings. The minimum Gasteiger partial charge on any atom is -0.493 e. The Bertz CT molecular complexity index is 354. The molecule has 0 heterocycles. The molecule has 2 rings (SSSR count). The van der Waals surface area contributed by atoms with Crippen molar-refractivity contribution in [2.45, 2.75) is 31.7 Å². The molecule has 3 heteroatoms. The molecule has 0 bridgehead atoms. The first-order valence-corrected chi connectivity index (χ1v) is 6.32. The molecule has 1 fully saturated rings. The Balaban J connectivity index is 1.81. The fourth-order valence-electron chi connectivity index (χ4n) is 2.48. The lowest BCUT2D eigenvalue weighted by Gasteiger charge is -2.16. The van der Waals surface area contributed by atoms with Crippen molar-refractivity contribution in [3.8, 4) is 11.5 Å². The van der Waals surface area contributed by atoms with Crippen molar-refractivity contribution in [2.24, 2.45) is 11.7 Å². The lowest BCUT2D eigenvalue weighted by molar-refractivity contribution is 0.258. The highest BCUT2D eigenvalue weighted by atomic mass is 16.5. The zero-order chi connectivity index (χ0) is 12.1. The average molecular weight is 235 g/mol. The predicted molar refractivity (Wildman–Crippen MR) is 68.4 cm³/mol. The van der Waals surface area contributed by atoms with Crippen molar-refractivity contribution in [3.63, 3.8) is 0 Å². The molecule has 0 radical (unpaired) electrons. The number of rotatable bonds is 5. The number of nitrogens with two attached hydrogens (primary N) is 1. The van der Waals surface area contributed by atoms with Gasteiger partial charge in [-0.25, -0.2) is 0 Å². The van der Waals surface area contributed by atoms with Crippen LogP contribution in [0.15, 0.2) is 24.3 Å². The molecule has 1 aliphatic rings. The van der Waals surface area contributed by atoms with Gasteiger partial charge in [0.15, 0.2) is 11.5 Å². The van der Waals surface area contributed by atoms with Crippen molar-refractivity contribution in [1.82, 2.24) is 0 Å². The molecule has 1 aliphatic carbocycles. The van der Waals surface area contributed by atoms with Crippen molar-refractivity contribution in [3.05, 3.63) is 24.3 Å². The maximum Gasteiger partial charge on any atom is 0.161 e. The Morgan fingerprint density at radius 2 is 2.00 bits per heavy atom. The van der Waals surface area contributed by atoms with E-state index in [9.17, 15) is 0 Å². The minimum atomic E-state index is 0.372. The number of para-hydroxylation sites is 2. The fraction of sp³-hybridized carbons (Fsp3) is 0.571. The number of methoxy groups -OCH3 is 1. The largest absolute Gasteiger partial charge is 0.493 e. The summed E-state index contributed by atoms with van der Waals surface area (Å²) >= 11 is 0. The van der Waals surface area contributed by atoms with Crippen LogP contribution in [-0.2, 0) is 0 Å². The summed E-state index contributed by atoms with van der Waals surface area (Å²) in [5.41, 5.74) is 6.03. The number of hydrogen-bond acceptors (Lipinski definition) is 3. The standard InChI is InChI=1S/C14H21NO2/c1-16-13-7-2-3-8-14(13)17-10-9-11-5-4-6-12(11)15/h2-3,7-8,11-12H,4-6,9-10,15H2,1H3. The first-order chi connectivity index (χ1) is 8.31. The molecule has 2 atom stereocenters. The molecule has 17 heavy (non-hydrogen) atoms. The molecule has 0 amide bonds. The Labute approximate surface area is 103 Å². The maximum absolute atomic E-state index is 6.03. The Morgan fingerprint density at radius 1 is 1.24 bits per heavy atom. The van der Waals surface area contributed by atoms with Crippen LogP contribution in [-0.4, -0.2) is 19.8 Å². The van der Waals surface area contributed by atoms with Crippen molar-refractivity contribution in [1.29, 1.82) is 0 Å². The van der Waals surface area contributed by atoms with Crippen molar-refractivity contribution >= 4 is 0 Å². The van der Waals surface area contributed by atoms with Gasteiger partial charge in [0, 0.05) is 6.04 Å². The third-order valence-electron chi connectivity index (χ3n) is 3.53. The van der Waals surface area contributed by atoms with Crippen LogP contribution in [0.5, 0.6) is 11.5 Å². The summed E-state index contributed by atoms with van der Waals surface area (Å²) in [7, 11) is 1.66. The normalized spacial score (nSPS) is 23.6. The highest BCUT2D eigenvalue weighted by molar-refractivity contribution is 5.39. The average Bonchev–Trinajstić information content (AvgIpc) is 2.76. The highest BCUT2D eigenvalue weighted by Gasteiger charge is 2.23. The zero-order valence-electron chi connectivity index (χ0n) is 10.4. The van der Waals surface area contributed by atoms with Gasteiger partial charge < -0.3 is 15.2 Å². The van der Waals surface area contributed by atoms with Crippen LogP contribution in [0.25, 0.3) is 0 Å². The van der Waals surface area contributed by atoms with Gasteiger partial charge in [-0.3, -0.25) is 0 Å². The van der Waals surface area contributed by atoms with E-state index in [0.29, 0.717) is 12.0 Å². The van der Waals surface area contributed by atoms with E-state index < -0.39 is 0 Å². The van der Waals surface area contributed by atoms with Gasteiger partial charge in [0.25, 0.3) is 0 Å². The quantitative estimate of drug-likeness (QED) is 0.853. The first kappa shape index (κ1) is 12.2. The van der Waals surface area contributed by atoms with E-state index in [-0.39, 0.29) is 0 Å². The Morgan fingerprint density at radius 3 is 2.65 bits per heavy atom. The van der Waals surface area contributed by atoms with E-state index in [1.165, 1.54) is 19.3 Å². The SMILES string of the molecule is COc1ccccc1OCCC1CCCC1N. The Kier molecular flexibility index (Phi) is 4.26. The van der Waals surface area contributed by atoms with Crippen LogP contribution in [0, 0.1) is 5.92 Å². The monoisotopic (exact) mass is 235 g/mol. The van der Waals surface area contributed by atoms with Gasteiger partial charge >= 0.3 is 0 Å². The van der Waals surface area contributed by atoms with Gasteiger partial charge in [0.1, 0.15) is 0 Å². The molecule has 2 N–H and O–H groups in total. The van der Waals surface area contributed by atoms with E-state index in [1.54, 1.807) is 7.11 Å². The van der Waals surface area contributed by atoms with Crippen LogP contribution < -0.4 is 15.2 Å². The van der Waals surface area contributed by atoms with Crippen molar-refractivity contribution in [2.75, 3.05) is 13.7 Å². The second kappa shape index (κ2) is 5.92. The van der Waals surface area contributed by atoms with E-state index in [1.807, 2.05) is 24.3 Å². The van der Waals surface area contributed by atoms with Gasteiger partial charge in [-0.05, 0) is 37.3 Å². The highest BCUT2D eigenvalue weighted by Crippen LogP contribution is 2.29. The van der Waals surface area contributed by atoms with Gasteiger partial charge in [0.05, 0.1) is 13.7 Å². The summed E-state index contributed by atoms with van der Waals surface area (Å²) in [6.07, 6.45) is 4.72. The molecular formula is C14H21NO2. The summed E-state index contributed by atoms with van der Waals surface area (Å²) in [6, 6.07) is 8.12. The van der Waals surface area contributed by atoms with Gasteiger partial charge in [-0.15, -0.1) is 0 Å². The summed E-state index contributed by atoms with van der Waals surface area (Å²) in [4.78, 5) is 0. The lowest BCUT2D eigenvalue weighted by Crippen LogP contribution is -2.25. The summed E-state index contributed by atoms with van der Waals surface area (Å²) in [5, 5.41) is 0. The second-order valence-electron chi connectivity index (χ2n) is 4.64. The maximum atomic E-state index is 6.03. The van der Waals surface area contributed by atoms with Crippen LogP contribution >= 0.6 is 0 Å². The summed E-state index contributed by atoms with van der Waals surface area (Å²) in [5.74, 6) is 2.24. The third kappa shape index (κ3) is 3.13. The second-order valence-corrected chi connectivity index (χ2v) is 4.64. The smallest absolute Gasteiger partial charge is 0.161 e. The van der Waals surface area contributed by atoms with Crippen LogP contribution in [0.2, 0.25) is 0 Å². The molecule has 1 saturated carbocycles. The van der Waals surface area contributed by atoms with Gasteiger partial charge in [-0.2, -0.15) is 0 Å². The molecule has 94 valence electrons. The van der Waals surface area contributed by atoms with E-state index in [4.69, 9.17) is 15.2 Å². The molecule has 2 unspecified atom stereocenters.